The Morgan fingerprint density at radius 3 is 2.47 bits per heavy atom. The van der Waals surface area contributed by atoms with Gasteiger partial charge in [0, 0.05) is 10.7 Å². The van der Waals surface area contributed by atoms with Crippen LogP contribution in [0.4, 0.5) is 0 Å². The van der Waals surface area contributed by atoms with Crippen LogP contribution in [0.15, 0.2) is 30.3 Å². The van der Waals surface area contributed by atoms with Crippen molar-refractivity contribution in [1.29, 1.82) is 0 Å². The normalized spacial score (nSPS) is 9.94. The standard InChI is InChI=1S/C12H13NOS.C2H6/c1-8(2)13-12(14)11-7-9-5-3-4-6-10(9)15-11;1-2/h3-8H,1-2H3,(H,13,14);1-2H3. The quantitative estimate of drug-likeness (QED) is 0.854. The molecule has 17 heavy (non-hydrogen) atoms. The number of rotatable bonds is 2. The summed E-state index contributed by atoms with van der Waals surface area (Å²) in [7, 11) is 0. The monoisotopic (exact) mass is 249 g/mol. The predicted octanol–water partition coefficient (Wildman–Crippen LogP) is 4.07. The predicted molar refractivity (Wildman–Crippen MR) is 75.8 cm³/mol. The molecule has 0 unspecified atom stereocenters. The molecule has 0 radical (unpaired) electrons. The van der Waals surface area contributed by atoms with Crippen molar-refractivity contribution in [3.8, 4) is 0 Å². The van der Waals surface area contributed by atoms with E-state index in [0.29, 0.717) is 0 Å². The first-order chi connectivity index (χ1) is 8.16. The Labute approximate surface area is 107 Å². The Morgan fingerprint density at radius 1 is 1.24 bits per heavy atom. The van der Waals surface area contributed by atoms with Crippen LogP contribution in [-0.2, 0) is 0 Å². The summed E-state index contributed by atoms with van der Waals surface area (Å²) in [4.78, 5) is 12.5. The van der Waals surface area contributed by atoms with Crippen molar-refractivity contribution in [2.45, 2.75) is 33.7 Å². The Hall–Kier alpha value is -1.35. The topological polar surface area (TPSA) is 29.1 Å². The first-order valence-electron chi connectivity index (χ1n) is 5.96. The summed E-state index contributed by atoms with van der Waals surface area (Å²) in [6.07, 6.45) is 0. The van der Waals surface area contributed by atoms with Crippen LogP contribution in [0.1, 0.15) is 37.4 Å². The van der Waals surface area contributed by atoms with E-state index in [4.69, 9.17) is 0 Å². The highest BCUT2D eigenvalue weighted by Gasteiger charge is 2.10. The molecule has 0 spiro atoms. The van der Waals surface area contributed by atoms with E-state index in [2.05, 4.69) is 5.32 Å². The van der Waals surface area contributed by atoms with E-state index >= 15 is 0 Å². The molecule has 0 aliphatic carbocycles. The molecule has 2 nitrogen and oxygen atoms in total. The van der Waals surface area contributed by atoms with E-state index in [1.165, 1.54) is 11.3 Å². The second-order valence-corrected chi connectivity index (χ2v) is 4.86. The van der Waals surface area contributed by atoms with Crippen molar-refractivity contribution in [1.82, 2.24) is 5.32 Å². The molecule has 0 atom stereocenters. The number of nitrogens with one attached hydrogen (secondary N) is 1. The highest BCUT2D eigenvalue weighted by molar-refractivity contribution is 7.20. The summed E-state index contributed by atoms with van der Waals surface area (Å²) in [5, 5.41) is 4.03. The van der Waals surface area contributed by atoms with Gasteiger partial charge in [-0.25, -0.2) is 0 Å². The van der Waals surface area contributed by atoms with Crippen molar-refractivity contribution >= 4 is 27.3 Å². The van der Waals surface area contributed by atoms with Gasteiger partial charge in [0.25, 0.3) is 5.91 Å². The van der Waals surface area contributed by atoms with E-state index in [-0.39, 0.29) is 11.9 Å². The largest absolute Gasteiger partial charge is 0.349 e. The summed E-state index contributed by atoms with van der Waals surface area (Å²) >= 11 is 1.54. The second-order valence-electron chi connectivity index (χ2n) is 3.78. The number of carbonyl (C=O) groups is 1. The molecular formula is C14H19NOS. The fraction of sp³-hybridized carbons (Fsp3) is 0.357. The first-order valence-corrected chi connectivity index (χ1v) is 6.78. The van der Waals surface area contributed by atoms with E-state index < -0.39 is 0 Å². The van der Waals surface area contributed by atoms with E-state index in [1.807, 2.05) is 58.0 Å². The molecule has 0 aliphatic rings. The number of carbonyl (C=O) groups excluding carboxylic acids is 1. The van der Waals surface area contributed by atoms with Gasteiger partial charge in [-0.2, -0.15) is 0 Å². The van der Waals surface area contributed by atoms with Crippen LogP contribution in [0, 0.1) is 0 Å². The van der Waals surface area contributed by atoms with Crippen LogP contribution in [0.2, 0.25) is 0 Å². The first kappa shape index (κ1) is 13.7. The highest BCUT2D eigenvalue weighted by atomic mass is 32.1. The molecule has 3 heteroatoms. The Kier molecular flexibility index (Phi) is 5.16. The van der Waals surface area contributed by atoms with Crippen molar-refractivity contribution in [3.63, 3.8) is 0 Å². The lowest BCUT2D eigenvalue weighted by molar-refractivity contribution is 0.0947. The van der Waals surface area contributed by atoms with Gasteiger partial charge < -0.3 is 5.32 Å². The number of benzene rings is 1. The van der Waals surface area contributed by atoms with Crippen LogP contribution in [0.5, 0.6) is 0 Å². The maximum Gasteiger partial charge on any atom is 0.261 e. The van der Waals surface area contributed by atoms with Gasteiger partial charge in [0.05, 0.1) is 4.88 Å². The Bertz CT molecular complexity index is 455. The van der Waals surface area contributed by atoms with Gasteiger partial charge in [0.2, 0.25) is 0 Å². The maximum atomic E-state index is 11.7. The number of hydrogen-bond acceptors (Lipinski definition) is 2. The summed E-state index contributed by atoms with van der Waals surface area (Å²) < 4.78 is 1.16. The minimum Gasteiger partial charge on any atom is -0.349 e. The average Bonchev–Trinajstić information content (AvgIpc) is 2.74. The fourth-order valence-corrected chi connectivity index (χ4v) is 2.39. The third-order valence-electron chi connectivity index (χ3n) is 2.07. The van der Waals surface area contributed by atoms with Gasteiger partial charge in [0.1, 0.15) is 0 Å². The van der Waals surface area contributed by atoms with Gasteiger partial charge in [-0.1, -0.05) is 32.0 Å². The molecule has 1 N–H and O–H groups in total. The number of amides is 1. The van der Waals surface area contributed by atoms with E-state index in [1.54, 1.807) is 0 Å². The van der Waals surface area contributed by atoms with E-state index in [0.717, 1.165) is 15.0 Å². The van der Waals surface area contributed by atoms with Crippen molar-refractivity contribution < 1.29 is 4.79 Å². The molecule has 1 aromatic heterocycles. The average molecular weight is 249 g/mol. The molecule has 0 fully saturated rings. The molecule has 0 saturated heterocycles. The molecule has 0 saturated carbocycles. The lowest BCUT2D eigenvalue weighted by Crippen LogP contribution is -2.29. The SMILES string of the molecule is CC.CC(C)NC(=O)c1cc2ccccc2s1. The number of fused-ring (bicyclic) bond motifs is 1. The van der Waals surface area contributed by atoms with Crippen molar-refractivity contribution in [2.75, 3.05) is 0 Å². The van der Waals surface area contributed by atoms with Gasteiger partial charge >= 0.3 is 0 Å². The summed E-state index contributed by atoms with van der Waals surface area (Å²) in [6, 6.07) is 10.2. The highest BCUT2D eigenvalue weighted by Crippen LogP contribution is 2.24. The van der Waals surface area contributed by atoms with Crippen molar-refractivity contribution in [2.24, 2.45) is 0 Å². The maximum absolute atomic E-state index is 11.7. The lowest BCUT2D eigenvalue weighted by atomic mass is 10.2. The van der Waals surface area contributed by atoms with Crippen molar-refractivity contribution in [3.05, 3.63) is 35.2 Å². The molecule has 1 heterocycles. The Morgan fingerprint density at radius 2 is 1.88 bits per heavy atom. The molecule has 92 valence electrons. The molecule has 0 bridgehead atoms. The molecule has 2 aromatic rings. The van der Waals surface area contributed by atoms with Gasteiger partial charge in [0.15, 0.2) is 0 Å². The van der Waals surface area contributed by atoms with Gasteiger partial charge in [-0.15, -0.1) is 11.3 Å². The zero-order valence-electron chi connectivity index (χ0n) is 10.8. The molecule has 1 amide bonds. The third-order valence-corrected chi connectivity index (χ3v) is 3.18. The number of hydrogen-bond donors (Lipinski definition) is 1. The fourth-order valence-electron chi connectivity index (χ4n) is 1.43. The van der Waals surface area contributed by atoms with Crippen LogP contribution in [-0.4, -0.2) is 11.9 Å². The number of thiophene rings is 1. The molecular weight excluding hydrogens is 230 g/mol. The lowest BCUT2D eigenvalue weighted by Gasteiger charge is -2.05. The molecule has 2 rings (SSSR count). The van der Waals surface area contributed by atoms with Crippen LogP contribution >= 0.6 is 11.3 Å². The third kappa shape index (κ3) is 3.56. The molecule has 0 aliphatic heterocycles. The zero-order valence-corrected chi connectivity index (χ0v) is 11.6. The summed E-state index contributed by atoms with van der Waals surface area (Å²) in [5.41, 5.74) is 0. The smallest absolute Gasteiger partial charge is 0.261 e. The van der Waals surface area contributed by atoms with Gasteiger partial charge in [-0.3, -0.25) is 4.79 Å². The van der Waals surface area contributed by atoms with Crippen LogP contribution < -0.4 is 5.32 Å². The van der Waals surface area contributed by atoms with Crippen LogP contribution in [0.25, 0.3) is 10.1 Å². The zero-order chi connectivity index (χ0) is 12.8. The van der Waals surface area contributed by atoms with E-state index in [9.17, 15) is 4.79 Å². The Balaban J connectivity index is 0.000000686. The minimum absolute atomic E-state index is 0.0196. The second kappa shape index (κ2) is 6.40. The summed E-state index contributed by atoms with van der Waals surface area (Å²) in [5.74, 6) is 0.0196. The summed E-state index contributed by atoms with van der Waals surface area (Å²) in [6.45, 7) is 7.93. The minimum atomic E-state index is 0.0196. The molecule has 1 aromatic carbocycles. The van der Waals surface area contributed by atoms with Crippen LogP contribution in [0.3, 0.4) is 0 Å². The van der Waals surface area contributed by atoms with Gasteiger partial charge in [-0.05, 0) is 31.4 Å².